The highest BCUT2D eigenvalue weighted by molar-refractivity contribution is 8.44. The molecule has 4 aromatic heterocycles. The third-order valence-electron chi connectivity index (χ3n) is 7.17. The van der Waals surface area contributed by atoms with E-state index in [1.165, 1.54) is 17.1 Å². The van der Waals surface area contributed by atoms with E-state index in [9.17, 15) is 24.0 Å². The van der Waals surface area contributed by atoms with Crippen LogP contribution in [0.15, 0.2) is 23.4 Å². The number of aliphatic hydroxyl groups is 2. The molecule has 232 valence electrons. The Hall–Kier alpha value is -3.30. The number of hydrogen-bond donors (Lipinski definition) is 6. The van der Waals surface area contributed by atoms with Gasteiger partial charge in [-0.1, -0.05) is 17.5 Å². The molecule has 2 saturated heterocycles. The van der Waals surface area contributed by atoms with E-state index in [2.05, 4.69) is 42.5 Å². The standard InChI is InChI=1S/C21H25F2N10O8PS/c22-5-21(6-34)3-9(18(40-21)33-16-12(30-31-33)17(36)29-20(25)28-16)41-42(37,43)38-4-10-13(35)11(23)19(39-10)32-2-1-8-14(24)26-7-27-15(8)32/h1-2,7,9-11,13,18-19,34-35H,3-6H2,(H,37,43)(H2,24,26,27)(H3,25,28,29,36)/t9-,10-,11+,13-,18-,19-,21-,42?/m1/s1. The van der Waals surface area contributed by atoms with Crippen LogP contribution in [0, 0.1) is 0 Å². The van der Waals surface area contributed by atoms with E-state index in [-0.39, 0.29) is 35.0 Å². The van der Waals surface area contributed by atoms with Gasteiger partial charge in [-0.3, -0.25) is 18.8 Å². The minimum Gasteiger partial charge on any atom is -0.393 e. The summed E-state index contributed by atoms with van der Waals surface area (Å²) in [5.41, 5.74) is 8.83. The Morgan fingerprint density at radius 1 is 1.30 bits per heavy atom. The number of nitrogens with two attached hydrogens (primary N) is 2. The normalized spacial score (nSPS) is 30.8. The van der Waals surface area contributed by atoms with Crippen LogP contribution in [0.25, 0.3) is 22.2 Å². The number of rotatable bonds is 9. The molecule has 0 aromatic carbocycles. The zero-order valence-electron chi connectivity index (χ0n) is 21.8. The fraction of sp³-hybridized carbons (Fsp3) is 0.524. The molecule has 2 aliphatic heterocycles. The largest absolute Gasteiger partial charge is 0.393 e. The van der Waals surface area contributed by atoms with Crippen LogP contribution < -0.4 is 17.0 Å². The molecule has 22 heteroatoms. The number of hydrogen-bond acceptors (Lipinski definition) is 15. The monoisotopic (exact) mass is 646 g/mol. The predicted octanol–water partition coefficient (Wildman–Crippen LogP) is -0.221. The molecular weight excluding hydrogens is 621 g/mol. The molecule has 43 heavy (non-hydrogen) atoms. The summed E-state index contributed by atoms with van der Waals surface area (Å²) in [7, 11) is 0. The lowest BCUT2D eigenvalue weighted by atomic mass is 10.0. The molecular formula is C21H25F2N10O8PS. The minimum absolute atomic E-state index is 0.158. The number of aliphatic hydroxyl groups excluding tert-OH is 2. The van der Waals surface area contributed by atoms with Gasteiger partial charge in [-0.15, -0.1) is 5.10 Å². The second kappa shape index (κ2) is 11.0. The van der Waals surface area contributed by atoms with Gasteiger partial charge >= 0.3 is 6.80 Å². The van der Waals surface area contributed by atoms with Crippen molar-refractivity contribution in [2.24, 2.45) is 0 Å². The van der Waals surface area contributed by atoms with Crippen LogP contribution in [0.4, 0.5) is 20.5 Å². The number of thiol groups is 1. The molecule has 8 atom stereocenters. The summed E-state index contributed by atoms with van der Waals surface area (Å²) in [6, 6.07) is 1.56. The van der Waals surface area contributed by atoms with E-state index in [0.29, 0.717) is 5.39 Å². The van der Waals surface area contributed by atoms with Crippen molar-refractivity contribution in [1.82, 2.24) is 39.5 Å². The smallest absolute Gasteiger partial charge is 0.386 e. The molecule has 2 fully saturated rings. The van der Waals surface area contributed by atoms with Crippen LogP contribution in [0.2, 0.25) is 0 Å². The van der Waals surface area contributed by atoms with E-state index in [1.54, 1.807) is 6.07 Å². The fourth-order valence-corrected chi connectivity index (χ4v) is 6.51. The lowest BCUT2D eigenvalue weighted by Gasteiger charge is -2.23. The quantitative estimate of drug-likeness (QED) is 0.102. The molecule has 2 aliphatic rings. The van der Waals surface area contributed by atoms with Gasteiger partial charge in [-0.2, -0.15) is 9.67 Å². The number of halogens is 2. The summed E-state index contributed by atoms with van der Waals surface area (Å²) >= 11 is 3.98. The first-order chi connectivity index (χ1) is 20.5. The number of aromatic amines is 1. The van der Waals surface area contributed by atoms with Gasteiger partial charge in [0, 0.05) is 12.6 Å². The third-order valence-corrected chi connectivity index (χ3v) is 8.81. The highest BCUT2D eigenvalue weighted by Crippen LogP contribution is 2.58. The number of nitrogens with one attached hydrogen (secondary N) is 1. The first-order valence-corrected chi connectivity index (χ1v) is 15.3. The van der Waals surface area contributed by atoms with Crippen molar-refractivity contribution in [2.75, 3.05) is 31.4 Å². The number of alkyl halides is 2. The number of fused-ring (bicyclic) bond motifs is 2. The highest BCUT2D eigenvalue weighted by Gasteiger charge is 2.52. The second-order valence-corrected chi connectivity index (χ2v) is 12.8. The zero-order valence-corrected chi connectivity index (χ0v) is 23.6. The van der Waals surface area contributed by atoms with Crippen molar-refractivity contribution < 1.29 is 42.1 Å². The van der Waals surface area contributed by atoms with E-state index in [0.717, 1.165) is 4.68 Å². The van der Waals surface area contributed by atoms with Gasteiger partial charge in [0.1, 0.15) is 48.4 Å². The van der Waals surface area contributed by atoms with E-state index in [1.807, 2.05) is 0 Å². The number of H-pyrrole nitrogens is 1. The Labute approximate surface area is 244 Å². The number of nitrogens with zero attached hydrogens (tertiary/aromatic N) is 7. The lowest BCUT2D eigenvalue weighted by molar-refractivity contribution is -0.119. The van der Waals surface area contributed by atoms with Gasteiger partial charge in [0.05, 0.1) is 18.6 Å². The zero-order chi connectivity index (χ0) is 30.7. The molecule has 1 unspecified atom stereocenters. The molecule has 0 bridgehead atoms. The fourth-order valence-electron chi connectivity index (χ4n) is 5.03. The van der Waals surface area contributed by atoms with Gasteiger partial charge in [0.25, 0.3) is 5.56 Å². The average molecular weight is 647 g/mol. The van der Waals surface area contributed by atoms with Gasteiger partial charge < -0.3 is 35.7 Å². The van der Waals surface area contributed by atoms with Crippen molar-refractivity contribution in [1.29, 1.82) is 0 Å². The molecule has 0 aliphatic carbocycles. The van der Waals surface area contributed by atoms with Crippen LogP contribution in [0.5, 0.6) is 0 Å². The van der Waals surface area contributed by atoms with E-state index >= 15 is 4.39 Å². The summed E-state index contributed by atoms with van der Waals surface area (Å²) in [5.74, 6) is -0.107. The van der Waals surface area contributed by atoms with Crippen molar-refractivity contribution in [2.45, 2.75) is 49.0 Å². The molecule has 6 heterocycles. The highest BCUT2D eigenvalue weighted by atomic mass is 32.7. The number of nitrogen functional groups attached to an aromatic ring is 2. The summed E-state index contributed by atoms with van der Waals surface area (Å²) in [6.45, 7) is -6.99. The van der Waals surface area contributed by atoms with Gasteiger partial charge in [0.2, 0.25) is 5.95 Å². The maximum Gasteiger partial charge on any atom is 0.386 e. The molecule has 0 spiro atoms. The first-order valence-electron chi connectivity index (χ1n) is 12.6. The molecule has 7 N–H and O–H groups in total. The van der Waals surface area contributed by atoms with Gasteiger partial charge in [-0.25, -0.2) is 23.3 Å². The van der Waals surface area contributed by atoms with E-state index in [4.69, 9.17) is 30.0 Å². The van der Waals surface area contributed by atoms with E-state index < -0.39 is 74.8 Å². The van der Waals surface area contributed by atoms with Crippen molar-refractivity contribution in [3.8, 4) is 0 Å². The molecule has 0 amide bonds. The first kappa shape index (κ1) is 29.8. The van der Waals surface area contributed by atoms with Gasteiger partial charge in [-0.05, 0) is 6.07 Å². The Morgan fingerprint density at radius 3 is 2.84 bits per heavy atom. The lowest BCUT2D eigenvalue weighted by Crippen LogP contribution is -2.36. The molecule has 6 rings (SSSR count). The van der Waals surface area contributed by atoms with Crippen LogP contribution in [0.1, 0.15) is 18.9 Å². The maximum absolute atomic E-state index is 15.2. The Balaban J connectivity index is 1.20. The summed E-state index contributed by atoms with van der Waals surface area (Å²) in [6.07, 6.45) is -6.76. The van der Waals surface area contributed by atoms with Crippen LogP contribution in [-0.2, 0) is 23.1 Å². The molecule has 4 aromatic rings. The summed E-state index contributed by atoms with van der Waals surface area (Å²) < 4.78 is 67.1. The van der Waals surface area contributed by atoms with Crippen molar-refractivity contribution >= 4 is 53.0 Å². The van der Waals surface area contributed by atoms with Crippen molar-refractivity contribution in [3.63, 3.8) is 0 Å². The van der Waals surface area contributed by atoms with Gasteiger partial charge in [0.15, 0.2) is 29.8 Å². The maximum atomic E-state index is 15.2. The molecule has 18 nitrogen and oxygen atoms in total. The number of ether oxygens (including phenoxy) is 2. The summed E-state index contributed by atoms with van der Waals surface area (Å²) in [4.78, 5) is 26.4. The Kier molecular flexibility index (Phi) is 7.62. The predicted molar refractivity (Wildman–Crippen MR) is 145 cm³/mol. The molecule has 0 saturated carbocycles. The topological polar surface area (TPSA) is 254 Å². The SMILES string of the molecule is Nc1nc2c(nnn2[C@@H]2O[C@@](CO)(CF)C[C@H]2OP(=O)(S)OC[C@H]2O[C@@H](n3ccc4c(N)ncnc43)[C@@H](F)[C@@H]2O)c(=O)[nH]1. The van der Waals surface area contributed by atoms with Crippen molar-refractivity contribution in [3.05, 3.63) is 28.9 Å². The Bertz CT molecular complexity index is 1770. The Morgan fingerprint density at radius 2 is 2.09 bits per heavy atom. The van der Waals surface area contributed by atoms with Crippen LogP contribution in [-0.4, -0.2) is 99.7 Å². The second-order valence-electron chi connectivity index (χ2n) is 9.97. The van der Waals surface area contributed by atoms with Crippen LogP contribution >= 0.6 is 19.0 Å². The minimum atomic E-state index is -4.38. The number of anilines is 2. The average Bonchev–Trinajstić information content (AvgIpc) is 3.73. The van der Waals surface area contributed by atoms with Crippen LogP contribution in [0.3, 0.4) is 0 Å². The summed E-state index contributed by atoms with van der Waals surface area (Å²) in [5, 5.41) is 28.4. The third kappa shape index (κ3) is 5.24. The molecule has 0 radical (unpaired) electrons. The number of aromatic nitrogens is 8.